The van der Waals surface area contributed by atoms with Gasteiger partial charge in [0.25, 0.3) is 0 Å². The number of benzene rings is 1. The predicted octanol–water partition coefficient (Wildman–Crippen LogP) is 3.44. The van der Waals surface area contributed by atoms with E-state index < -0.39 is 6.09 Å². The second kappa shape index (κ2) is 5.83. The Balaban J connectivity index is 2.68. The second-order valence-corrected chi connectivity index (χ2v) is 3.67. The Morgan fingerprint density at radius 2 is 2.27 bits per heavy atom. The molecule has 1 aromatic rings. The Kier molecular flexibility index (Phi) is 4.72. The van der Waals surface area contributed by atoms with Crippen molar-refractivity contribution < 1.29 is 9.53 Å². The van der Waals surface area contributed by atoms with Crippen molar-refractivity contribution in [2.24, 2.45) is 0 Å². The number of aryl methyl sites for hydroxylation is 1. The number of hydrogen-bond donors (Lipinski definition) is 1. The van der Waals surface area contributed by atoms with Gasteiger partial charge in [-0.3, -0.25) is 5.32 Å². The number of para-hydroxylation sites is 1. The van der Waals surface area contributed by atoms with E-state index in [1.54, 1.807) is 6.07 Å². The molecule has 0 atom stereocenters. The highest BCUT2D eigenvalue weighted by atomic mass is 35.5. The van der Waals surface area contributed by atoms with E-state index in [9.17, 15) is 4.79 Å². The fraction of sp³-hybridized carbons (Fsp3) is 0.300. The maximum Gasteiger partial charge on any atom is 0.411 e. The molecule has 15 heavy (non-hydrogen) atoms. The van der Waals surface area contributed by atoms with Crippen molar-refractivity contribution in [2.45, 2.75) is 6.92 Å². The summed E-state index contributed by atoms with van der Waals surface area (Å²) in [6, 6.07) is 5.36. The van der Waals surface area contributed by atoms with Crippen LogP contribution in [0.15, 0.2) is 18.2 Å². The van der Waals surface area contributed by atoms with Crippen LogP contribution < -0.4 is 5.32 Å². The number of carbonyl (C=O) groups is 1. The predicted molar refractivity (Wildman–Crippen MR) is 61.9 cm³/mol. The van der Waals surface area contributed by atoms with Crippen molar-refractivity contribution in [3.8, 4) is 0 Å². The molecule has 3 nitrogen and oxygen atoms in total. The molecule has 1 aromatic carbocycles. The molecule has 0 heterocycles. The van der Waals surface area contributed by atoms with Gasteiger partial charge in [-0.25, -0.2) is 4.79 Å². The highest BCUT2D eigenvalue weighted by Crippen LogP contribution is 2.25. The number of alkyl halides is 1. The van der Waals surface area contributed by atoms with Gasteiger partial charge < -0.3 is 4.74 Å². The molecule has 0 aliphatic rings. The van der Waals surface area contributed by atoms with Crippen molar-refractivity contribution >= 4 is 35.0 Å². The van der Waals surface area contributed by atoms with Gasteiger partial charge in [-0.15, -0.1) is 11.6 Å². The lowest BCUT2D eigenvalue weighted by Crippen LogP contribution is -2.15. The van der Waals surface area contributed by atoms with E-state index in [-0.39, 0.29) is 12.5 Å². The van der Waals surface area contributed by atoms with Gasteiger partial charge in [0.15, 0.2) is 0 Å². The van der Waals surface area contributed by atoms with Crippen LogP contribution in [0.4, 0.5) is 10.5 Å². The Morgan fingerprint density at radius 1 is 1.53 bits per heavy atom. The highest BCUT2D eigenvalue weighted by molar-refractivity contribution is 6.33. The number of ether oxygens (including phenoxy) is 1. The molecule has 1 rings (SSSR count). The van der Waals surface area contributed by atoms with E-state index in [2.05, 4.69) is 5.32 Å². The first-order valence-electron chi connectivity index (χ1n) is 4.40. The van der Waals surface area contributed by atoms with Gasteiger partial charge in [0.05, 0.1) is 16.6 Å². The van der Waals surface area contributed by atoms with E-state index in [1.165, 1.54) is 0 Å². The topological polar surface area (TPSA) is 38.3 Å². The maximum atomic E-state index is 11.2. The van der Waals surface area contributed by atoms with Gasteiger partial charge in [0.2, 0.25) is 0 Å². The van der Waals surface area contributed by atoms with Gasteiger partial charge in [0.1, 0.15) is 6.61 Å². The molecular weight excluding hydrogens is 237 g/mol. The molecule has 0 bridgehead atoms. The van der Waals surface area contributed by atoms with E-state index in [0.29, 0.717) is 10.7 Å². The van der Waals surface area contributed by atoms with Crippen LogP contribution in [0.2, 0.25) is 5.02 Å². The average molecular weight is 248 g/mol. The van der Waals surface area contributed by atoms with Gasteiger partial charge in [0, 0.05) is 0 Å². The third kappa shape index (κ3) is 3.61. The summed E-state index contributed by atoms with van der Waals surface area (Å²) in [6.07, 6.45) is -0.549. The number of carbonyl (C=O) groups excluding carboxylic acids is 1. The number of amides is 1. The highest BCUT2D eigenvalue weighted by Gasteiger charge is 2.08. The van der Waals surface area contributed by atoms with E-state index in [0.717, 1.165) is 5.56 Å². The lowest BCUT2D eigenvalue weighted by Gasteiger charge is -2.09. The lowest BCUT2D eigenvalue weighted by atomic mass is 10.2. The first-order chi connectivity index (χ1) is 7.15. The standard InChI is InChI=1S/C10H11Cl2NO2/c1-7-3-2-4-8(12)9(7)13-10(14)15-6-5-11/h2-4H,5-6H2,1H3,(H,13,14). The Bertz CT molecular complexity index is 335. The molecule has 82 valence electrons. The summed E-state index contributed by atoms with van der Waals surface area (Å²) in [4.78, 5) is 11.2. The van der Waals surface area contributed by atoms with Crippen LogP contribution in [0.3, 0.4) is 0 Å². The zero-order valence-corrected chi connectivity index (χ0v) is 9.73. The molecule has 0 spiro atoms. The number of nitrogens with one attached hydrogen (secondary N) is 1. The quantitative estimate of drug-likeness (QED) is 0.832. The van der Waals surface area contributed by atoms with Gasteiger partial charge >= 0.3 is 6.09 Å². The first-order valence-corrected chi connectivity index (χ1v) is 5.31. The molecule has 1 amide bonds. The fourth-order valence-electron chi connectivity index (χ4n) is 1.06. The summed E-state index contributed by atoms with van der Waals surface area (Å²) >= 11 is 11.3. The van der Waals surface area contributed by atoms with Crippen LogP contribution in [-0.2, 0) is 4.74 Å². The number of hydrogen-bond acceptors (Lipinski definition) is 2. The molecule has 0 aliphatic carbocycles. The molecule has 1 N–H and O–H groups in total. The van der Waals surface area contributed by atoms with Gasteiger partial charge in [-0.1, -0.05) is 23.7 Å². The molecule has 0 unspecified atom stereocenters. The molecule has 5 heteroatoms. The lowest BCUT2D eigenvalue weighted by molar-refractivity contribution is 0.168. The van der Waals surface area contributed by atoms with Crippen LogP contribution in [0.25, 0.3) is 0 Å². The van der Waals surface area contributed by atoms with Crippen molar-refractivity contribution in [3.63, 3.8) is 0 Å². The average Bonchev–Trinajstić information content (AvgIpc) is 2.21. The van der Waals surface area contributed by atoms with Crippen LogP contribution in [0.5, 0.6) is 0 Å². The minimum atomic E-state index is -0.549. The van der Waals surface area contributed by atoms with E-state index in [1.807, 2.05) is 19.1 Å². The van der Waals surface area contributed by atoms with E-state index >= 15 is 0 Å². The minimum Gasteiger partial charge on any atom is -0.448 e. The normalized spacial score (nSPS) is 9.80. The van der Waals surface area contributed by atoms with Gasteiger partial charge in [-0.05, 0) is 18.6 Å². The molecule has 0 radical (unpaired) electrons. The molecule has 0 saturated heterocycles. The van der Waals surface area contributed by atoms with Crippen molar-refractivity contribution in [1.29, 1.82) is 0 Å². The Hall–Kier alpha value is -0.930. The fourth-order valence-corrected chi connectivity index (χ4v) is 1.41. The number of anilines is 1. The SMILES string of the molecule is Cc1cccc(Cl)c1NC(=O)OCCCl. The van der Waals surface area contributed by atoms with Crippen LogP contribution >= 0.6 is 23.2 Å². The van der Waals surface area contributed by atoms with Crippen LogP contribution in [0.1, 0.15) is 5.56 Å². The zero-order chi connectivity index (χ0) is 11.3. The Labute approximate surface area is 98.3 Å². The van der Waals surface area contributed by atoms with Crippen LogP contribution in [-0.4, -0.2) is 18.6 Å². The first kappa shape index (κ1) is 12.1. The largest absolute Gasteiger partial charge is 0.448 e. The summed E-state index contributed by atoms with van der Waals surface area (Å²) in [5, 5.41) is 3.05. The Morgan fingerprint density at radius 3 is 2.87 bits per heavy atom. The summed E-state index contributed by atoms with van der Waals surface area (Å²) in [7, 11) is 0. The summed E-state index contributed by atoms with van der Waals surface area (Å²) in [5.41, 5.74) is 1.45. The molecule has 0 fully saturated rings. The monoisotopic (exact) mass is 247 g/mol. The third-order valence-electron chi connectivity index (χ3n) is 1.76. The summed E-state index contributed by atoms with van der Waals surface area (Å²) in [6.45, 7) is 2.03. The molecule has 0 aliphatic heterocycles. The maximum absolute atomic E-state index is 11.2. The van der Waals surface area contributed by atoms with Crippen molar-refractivity contribution in [1.82, 2.24) is 0 Å². The second-order valence-electron chi connectivity index (χ2n) is 2.88. The van der Waals surface area contributed by atoms with E-state index in [4.69, 9.17) is 27.9 Å². The smallest absolute Gasteiger partial charge is 0.411 e. The number of rotatable bonds is 3. The van der Waals surface area contributed by atoms with Gasteiger partial charge in [-0.2, -0.15) is 0 Å². The number of halogens is 2. The molecular formula is C10H11Cl2NO2. The van der Waals surface area contributed by atoms with Crippen molar-refractivity contribution in [2.75, 3.05) is 17.8 Å². The van der Waals surface area contributed by atoms with Crippen molar-refractivity contribution in [3.05, 3.63) is 28.8 Å². The molecule has 0 aromatic heterocycles. The summed E-state index contributed by atoms with van der Waals surface area (Å²) in [5.74, 6) is 0.273. The minimum absolute atomic E-state index is 0.177. The van der Waals surface area contributed by atoms with Crippen LogP contribution in [0, 0.1) is 6.92 Å². The third-order valence-corrected chi connectivity index (χ3v) is 2.23. The zero-order valence-electron chi connectivity index (χ0n) is 8.22. The molecule has 0 saturated carbocycles. The summed E-state index contributed by atoms with van der Waals surface area (Å²) < 4.78 is 4.76.